The van der Waals surface area contributed by atoms with Crippen LogP contribution in [0.15, 0.2) is 36.5 Å². The fourth-order valence-electron chi connectivity index (χ4n) is 2.06. The lowest BCUT2D eigenvalue weighted by Crippen LogP contribution is -2.15. The maximum absolute atomic E-state index is 13.6. The minimum Gasteiger partial charge on any atom is -0.376 e. The van der Waals surface area contributed by atoms with E-state index < -0.39 is 0 Å². The number of nitrogens with one attached hydrogen (secondary N) is 1. The van der Waals surface area contributed by atoms with Gasteiger partial charge in [0.2, 0.25) is 0 Å². The summed E-state index contributed by atoms with van der Waals surface area (Å²) in [7, 11) is 3.90. The van der Waals surface area contributed by atoms with E-state index in [9.17, 15) is 4.39 Å². The number of halogens is 1. The molecule has 0 saturated carbocycles. The van der Waals surface area contributed by atoms with Crippen molar-refractivity contribution >= 4 is 11.5 Å². The van der Waals surface area contributed by atoms with E-state index in [1.54, 1.807) is 25.3 Å². The van der Waals surface area contributed by atoms with Crippen LogP contribution in [-0.4, -0.2) is 19.1 Å². The van der Waals surface area contributed by atoms with Crippen LogP contribution in [0.5, 0.6) is 0 Å². The van der Waals surface area contributed by atoms with Gasteiger partial charge in [0, 0.05) is 26.3 Å². The van der Waals surface area contributed by atoms with Crippen molar-refractivity contribution in [2.45, 2.75) is 19.9 Å². The Balaban J connectivity index is 2.23. The lowest BCUT2D eigenvalue weighted by Gasteiger charge is -2.21. The molecule has 0 aliphatic carbocycles. The zero-order valence-corrected chi connectivity index (χ0v) is 12.3. The largest absolute Gasteiger partial charge is 0.376 e. The predicted octanol–water partition coefficient (Wildman–Crippen LogP) is 3.77. The summed E-state index contributed by atoms with van der Waals surface area (Å²) in [5.74, 6) is 0.696. The Morgan fingerprint density at radius 3 is 2.65 bits per heavy atom. The quantitative estimate of drug-likeness (QED) is 0.919. The van der Waals surface area contributed by atoms with E-state index in [1.807, 2.05) is 44.1 Å². The molecule has 0 amide bonds. The highest BCUT2D eigenvalue weighted by Gasteiger charge is 2.11. The molecule has 1 aromatic heterocycles. The van der Waals surface area contributed by atoms with Gasteiger partial charge in [-0.05, 0) is 43.2 Å². The molecule has 1 heterocycles. The normalized spacial score (nSPS) is 12.1. The molecule has 0 radical (unpaired) electrons. The molecule has 2 rings (SSSR count). The summed E-state index contributed by atoms with van der Waals surface area (Å²) in [6, 6.07) is 9.20. The van der Waals surface area contributed by atoms with Crippen LogP contribution in [0.3, 0.4) is 0 Å². The van der Waals surface area contributed by atoms with Crippen LogP contribution in [0, 0.1) is 12.7 Å². The van der Waals surface area contributed by atoms with Crippen molar-refractivity contribution in [3.63, 3.8) is 0 Å². The highest BCUT2D eigenvalue weighted by atomic mass is 19.1. The third-order valence-electron chi connectivity index (χ3n) is 3.28. The molecule has 0 aliphatic rings. The third-order valence-corrected chi connectivity index (χ3v) is 3.28. The minimum atomic E-state index is -0.171. The van der Waals surface area contributed by atoms with Crippen molar-refractivity contribution in [2.24, 2.45) is 0 Å². The van der Waals surface area contributed by atoms with Crippen LogP contribution >= 0.6 is 0 Å². The van der Waals surface area contributed by atoms with Gasteiger partial charge in [-0.15, -0.1) is 0 Å². The van der Waals surface area contributed by atoms with Crippen LogP contribution in [0.25, 0.3) is 0 Å². The molecule has 0 saturated heterocycles. The monoisotopic (exact) mass is 273 g/mol. The maximum atomic E-state index is 13.6. The van der Waals surface area contributed by atoms with E-state index in [4.69, 9.17) is 0 Å². The Hall–Kier alpha value is -2.10. The smallest absolute Gasteiger partial charge is 0.151 e. The molecule has 0 bridgehead atoms. The number of aryl methyl sites for hydroxylation is 1. The molecule has 1 atom stereocenters. The SMILES string of the molecule is Cc1ccc(C(C)Nc2cccnc2N(C)C)cc1F. The average Bonchev–Trinajstić information content (AvgIpc) is 2.42. The van der Waals surface area contributed by atoms with Crippen LogP contribution in [-0.2, 0) is 0 Å². The Labute approximate surface area is 119 Å². The summed E-state index contributed by atoms with van der Waals surface area (Å²) in [4.78, 5) is 6.30. The third kappa shape index (κ3) is 3.07. The molecule has 4 heteroatoms. The van der Waals surface area contributed by atoms with Gasteiger partial charge in [0.1, 0.15) is 5.82 Å². The van der Waals surface area contributed by atoms with E-state index in [-0.39, 0.29) is 11.9 Å². The van der Waals surface area contributed by atoms with Crippen molar-refractivity contribution < 1.29 is 4.39 Å². The van der Waals surface area contributed by atoms with Gasteiger partial charge in [0.25, 0.3) is 0 Å². The average molecular weight is 273 g/mol. The van der Waals surface area contributed by atoms with Gasteiger partial charge >= 0.3 is 0 Å². The Kier molecular flexibility index (Phi) is 4.23. The van der Waals surface area contributed by atoms with Gasteiger partial charge in [-0.2, -0.15) is 0 Å². The van der Waals surface area contributed by atoms with Crippen LogP contribution in [0.1, 0.15) is 24.1 Å². The molecular formula is C16H20FN3. The van der Waals surface area contributed by atoms with E-state index in [0.717, 1.165) is 17.1 Å². The molecule has 0 spiro atoms. The van der Waals surface area contributed by atoms with Gasteiger partial charge < -0.3 is 10.2 Å². The lowest BCUT2D eigenvalue weighted by molar-refractivity contribution is 0.614. The first-order valence-corrected chi connectivity index (χ1v) is 6.64. The summed E-state index contributed by atoms with van der Waals surface area (Å²) in [5, 5.41) is 3.38. The van der Waals surface area contributed by atoms with Crippen molar-refractivity contribution in [3.8, 4) is 0 Å². The van der Waals surface area contributed by atoms with Gasteiger partial charge in [-0.1, -0.05) is 12.1 Å². The number of hydrogen-bond donors (Lipinski definition) is 1. The Morgan fingerprint density at radius 2 is 2.00 bits per heavy atom. The van der Waals surface area contributed by atoms with E-state index in [1.165, 1.54) is 0 Å². The summed E-state index contributed by atoms with van der Waals surface area (Å²) >= 11 is 0. The molecule has 1 N–H and O–H groups in total. The fourth-order valence-corrected chi connectivity index (χ4v) is 2.06. The zero-order chi connectivity index (χ0) is 14.7. The van der Waals surface area contributed by atoms with Crippen LogP contribution in [0.4, 0.5) is 15.9 Å². The van der Waals surface area contributed by atoms with Crippen LogP contribution in [0.2, 0.25) is 0 Å². The van der Waals surface area contributed by atoms with Crippen molar-refractivity contribution in [3.05, 3.63) is 53.5 Å². The lowest BCUT2D eigenvalue weighted by atomic mass is 10.1. The van der Waals surface area contributed by atoms with E-state index in [2.05, 4.69) is 10.3 Å². The molecule has 20 heavy (non-hydrogen) atoms. The van der Waals surface area contributed by atoms with E-state index in [0.29, 0.717) is 5.56 Å². The molecule has 2 aromatic rings. The van der Waals surface area contributed by atoms with Crippen molar-refractivity contribution in [2.75, 3.05) is 24.3 Å². The Bertz CT molecular complexity index is 596. The topological polar surface area (TPSA) is 28.2 Å². The molecular weight excluding hydrogens is 253 g/mol. The first-order valence-electron chi connectivity index (χ1n) is 6.64. The predicted molar refractivity (Wildman–Crippen MR) is 81.7 cm³/mol. The summed E-state index contributed by atoms with van der Waals surface area (Å²) in [6.45, 7) is 3.78. The number of rotatable bonds is 4. The summed E-state index contributed by atoms with van der Waals surface area (Å²) in [5.41, 5.74) is 2.52. The highest BCUT2D eigenvalue weighted by molar-refractivity contribution is 5.65. The highest BCUT2D eigenvalue weighted by Crippen LogP contribution is 2.26. The number of anilines is 2. The van der Waals surface area contributed by atoms with Crippen molar-refractivity contribution in [1.29, 1.82) is 0 Å². The standard InChI is InChI=1S/C16H20FN3/c1-11-7-8-13(10-14(11)17)12(2)19-15-6-5-9-18-16(15)20(3)4/h5-10,12,19H,1-4H3. The number of benzene rings is 1. The summed E-state index contributed by atoms with van der Waals surface area (Å²) in [6.07, 6.45) is 1.76. The van der Waals surface area contributed by atoms with Gasteiger partial charge in [0.05, 0.1) is 5.69 Å². The molecule has 1 unspecified atom stereocenters. The van der Waals surface area contributed by atoms with Crippen molar-refractivity contribution in [1.82, 2.24) is 4.98 Å². The molecule has 0 aliphatic heterocycles. The van der Waals surface area contributed by atoms with Gasteiger partial charge in [-0.3, -0.25) is 0 Å². The number of pyridine rings is 1. The van der Waals surface area contributed by atoms with E-state index >= 15 is 0 Å². The molecule has 106 valence electrons. The summed E-state index contributed by atoms with van der Waals surface area (Å²) < 4.78 is 13.6. The molecule has 3 nitrogen and oxygen atoms in total. The zero-order valence-electron chi connectivity index (χ0n) is 12.3. The van der Waals surface area contributed by atoms with Crippen LogP contribution < -0.4 is 10.2 Å². The van der Waals surface area contributed by atoms with Gasteiger partial charge in [-0.25, -0.2) is 9.37 Å². The fraction of sp³-hybridized carbons (Fsp3) is 0.312. The molecule has 0 fully saturated rings. The maximum Gasteiger partial charge on any atom is 0.151 e. The second kappa shape index (κ2) is 5.90. The number of hydrogen-bond acceptors (Lipinski definition) is 3. The molecule has 1 aromatic carbocycles. The van der Waals surface area contributed by atoms with Gasteiger partial charge in [0.15, 0.2) is 5.82 Å². The Morgan fingerprint density at radius 1 is 1.25 bits per heavy atom. The second-order valence-corrected chi connectivity index (χ2v) is 5.14. The minimum absolute atomic E-state index is 0.00741. The first-order chi connectivity index (χ1) is 9.49. The number of nitrogens with zero attached hydrogens (tertiary/aromatic N) is 2. The second-order valence-electron chi connectivity index (χ2n) is 5.14. The first kappa shape index (κ1) is 14.3. The number of aromatic nitrogens is 1.